The van der Waals surface area contributed by atoms with Gasteiger partial charge in [-0.05, 0) is 29.3 Å². The number of aliphatic hydroxyl groups is 1. The molecular weight excluding hydrogens is 384 g/mol. The zero-order valence-electron chi connectivity index (χ0n) is 16.4. The Labute approximate surface area is 174 Å². The van der Waals surface area contributed by atoms with Gasteiger partial charge >= 0.3 is 0 Å². The van der Waals surface area contributed by atoms with E-state index < -0.39 is 12.3 Å². The smallest absolute Gasteiger partial charge is 0.169 e. The van der Waals surface area contributed by atoms with Gasteiger partial charge in [-0.15, -0.1) is 0 Å². The first kappa shape index (κ1) is 19.9. The summed E-state index contributed by atoms with van der Waals surface area (Å²) in [4.78, 5) is 16.2. The Morgan fingerprint density at radius 3 is 2.63 bits per heavy atom. The standard InChI is InChI=1S/C23H22N2O5/c1-28-21-13-25-10-8-18(21)22(14-2-4-15(5-3-14)23(24)27)30-16-6-7-17-19(26)9-11-29-20(17)12-16/h2-8,10,12-13,22-23,27H,9,11,24H2,1H3/t22-,23?/m0/s1. The van der Waals surface area contributed by atoms with Gasteiger partial charge in [-0.3, -0.25) is 9.78 Å². The second-order valence-corrected chi connectivity index (χ2v) is 6.91. The molecule has 1 unspecified atom stereocenters. The van der Waals surface area contributed by atoms with E-state index in [-0.39, 0.29) is 5.78 Å². The lowest BCUT2D eigenvalue weighted by Crippen LogP contribution is -2.16. The predicted octanol–water partition coefficient (Wildman–Crippen LogP) is 3.17. The molecule has 154 valence electrons. The fourth-order valence-electron chi connectivity index (χ4n) is 3.41. The van der Waals surface area contributed by atoms with Gasteiger partial charge in [0.2, 0.25) is 0 Å². The molecule has 4 rings (SSSR count). The molecule has 7 heteroatoms. The lowest BCUT2D eigenvalue weighted by atomic mass is 9.99. The molecule has 0 spiro atoms. The number of pyridine rings is 1. The highest BCUT2D eigenvalue weighted by Gasteiger charge is 2.23. The number of nitrogens with zero attached hydrogens (tertiary/aromatic N) is 1. The van der Waals surface area contributed by atoms with Crippen LogP contribution in [0.4, 0.5) is 0 Å². The number of benzene rings is 2. The van der Waals surface area contributed by atoms with Crippen LogP contribution in [0.2, 0.25) is 0 Å². The molecule has 7 nitrogen and oxygen atoms in total. The van der Waals surface area contributed by atoms with E-state index in [9.17, 15) is 9.90 Å². The van der Waals surface area contributed by atoms with Gasteiger partial charge in [0.25, 0.3) is 0 Å². The summed E-state index contributed by atoms with van der Waals surface area (Å²) >= 11 is 0. The van der Waals surface area contributed by atoms with Gasteiger partial charge < -0.3 is 25.1 Å². The number of carbonyl (C=O) groups is 1. The normalized spacial score (nSPS) is 15.0. The van der Waals surface area contributed by atoms with Crippen molar-refractivity contribution < 1.29 is 24.1 Å². The van der Waals surface area contributed by atoms with Crippen molar-refractivity contribution in [3.63, 3.8) is 0 Å². The monoisotopic (exact) mass is 406 g/mol. The summed E-state index contributed by atoms with van der Waals surface area (Å²) in [7, 11) is 1.57. The van der Waals surface area contributed by atoms with E-state index >= 15 is 0 Å². The molecule has 0 saturated heterocycles. The minimum atomic E-state index is -1.05. The summed E-state index contributed by atoms with van der Waals surface area (Å²) in [5, 5.41) is 9.60. The van der Waals surface area contributed by atoms with Crippen LogP contribution in [0.25, 0.3) is 0 Å². The van der Waals surface area contributed by atoms with E-state index in [1.54, 1.807) is 49.8 Å². The van der Waals surface area contributed by atoms with Gasteiger partial charge in [-0.1, -0.05) is 24.3 Å². The molecule has 0 radical (unpaired) electrons. The van der Waals surface area contributed by atoms with Crippen LogP contribution in [-0.2, 0) is 0 Å². The zero-order valence-corrected chi connectivity index (χ0v) is 16.4. The molecule has 0 aliphatic carbocycles. The third-order valence-corrected chi connectivity index (χ3v) is 4.99. The number of methoxy groups -OCH3 is 1. The SMILES string of the molecule is COc1cnccc1[C@@H](Oc1ccc2c(c1)OCCC2=O)c1ccc(C(N)O)cc1. The van der Waals surface area contributed by atoms with E-state index in [2.05, 4.69) is 4.98 Å². The van der Waals surface area contributed by atoms with Crippen LogP contribution in [0.5, 0.6) is 17.2 Å². The van der Waals surface area contributed by atoms with Crippen molar-refractivity contribution in [3.05, 3.63) is 83.2 Å². The van der Waals surface area contributed by atoms with Crippen molar-refractivity contribution in [1.82, 2.24) is 4.98 Å². The second kappa shape index (κ2) is 8.52. The Hall–Kier alpha value is -3.42. The molecule has 0 bridgehead atoms. The number of fused-ring (bicyclic) bond motifs is 1. The largest absolute Gasteiger partial charge is 0.495 e. The summed E-state index contributed by atoms with van der Waals surface area (Å²) in [5.74, 6) is 1.71. The van der Waals surface area contributed by atoms with E-state index in [0.29, 0.717) is 41.4 Å². The molecule has 3 N–H and O–H groups in total. The number of aromatic nitrogens is 1. The second-order valence-electron chi connectivity index (χ2n) is 6.91. The number of hydrogen-bond acceptors (Lipinski definition) is 7. The topological polar surface area (TPSA) is 104 Å². The fourth-order valence-corrected chi connectivity index (χ4v) is 3.41. The summed E-state index contributed by atoms with van der Waals surface area (Å²) in [5.41, 5.74) is 8.32. The van der Waals surface area contributed by atoms with Crippen LogP contribution >= 0.6 is 0 Å². The first-order valence-corrected chi connectivity index (χ1v) is 9.55. The van der Waals surface area contributed by atoms with E-state index in [0.717, 1.165) is 11.1 Å². The minimum absolute atomic E-state index is 0.0612. The van der Waals surface area contributed by atoms with Crippen molar-refractivity contribution in [2.24, 2.45) is 5.73 Å². The van der Waals surface area contributed by atoms with Gasteiger partial charge in [0.05, 0.1) is 25.5 Å². The average Bonchev–Trinajstić information content (AvgIpc) is 2.77. The predicted molar refractivity (Wildman–Crippen MR) is 110 cm³/mol. The highest BCUT2D eigenvalue weighted by atomic mass is 16.5. The first-order valence-electron chi connectivity index (χ1n) is 9.55. The Morgan fingerprint density at radius 2 is 1.90 bits per heavy atom. The number of carbonyl (C=O) groups excluding carboxylic acids is 1. The molecule has 0 amide bonds. The number of ether oxygens (including phenoxy) is 3. The molecule has 2 heterocycles. The van der Waals surface area contributed by atoms with Crippen LogP contribution in [-0.4, -0.2) is 29.6 Å². The van der Waals surface area contributed by atoms with Crippen LogP contribution < -0.4 is 19.9 Å². The van der Waals surface area contributed by atoms with Crippen LogP contribution in [0.15, 0.2) is 60.9 Å². The van der Waals surface area contributed by atoms with E-state index in [4.69, 9.17) is 19.9 Å². The molecule has 1 aromatic heterocycles. The molecule has 2 atom stereocenters. The van der Waals surface area contributed by atoms with Gasteiger partial charge in [-0.25, -0.2) is 0 Å². The number of Topliss-reactive ketones (excluding diaryl/α,β-unsaturated/α-hetero) is 1. The summed E-state index contributed by atoms with van der Waals surface area (Å²) in [6, 6.07) is 14.2. The minimum Gasteiger partial charge on any atom is -0.495 e. The maximum Gasteiger partial charge on any atom is 0.169 e. The molecule has 0 saturated carbocycles. The molecule has 2 aromatic carbocycles. The van der Waals surface area contributed by atoms with Gasteiger partial charge in [-0.2, -0.15) is 0 Å². The molecule has 3 aromatic rings. The number of rotatable bonds is 6. The van der Waals surface area contributed by atoms with E-state index in [1.165, 1.54) is 0 Å². The van der Waals surface area contributed by atoms with Gasteiger partial charge in [0.1, 0.15) is 23.5 Å². The Bertz CT molecular complexity index is 1050. The Balaban J connectivity index is 1.73. The molecular formula is C23H22N2O5. The van der Waals surface area contributed by atoms with Crippen LogP contribution in [0.1, 0.15) is 45.8 Å². The number of ketones is 1. The summed E-state index contributed by atoms with van der Waals surface area (Å²) < 4.78 is 17.5. The Morgan fingerprint density at radius 1 is 1.13 bits per heavy atom. The number of hydrogen-bond donors (Lipinski definition) is 2. The van der Waals surface area contributed by atoms with Crippen molar-refractivity contribution in [2.45, 2.75) is 18.8 Å². The van der Waals surface area contributed by atoms with Crippen molar-refractivity contribution >= 4 is 5.78 Å². The maximum atomic E-state index is 12.1. The van der Waals surface area contributed by atoms with Crippen molar-refractivity contribution in [3.8, 4) is 17.2 Å². The molecule has 1 aliphatic heterocycles. The van der Waals surface area contributed by atoms with Crippen molar-refractivity contribution in [2.75, 3.05) is 13.7 Å². The number of nitrogens with two attached hydrogens (primary N) is 1. The first-order chi connectivity index (χ1) is 14.6. The average molecular weight is 406 g/mol. The molecule has 30 heavy (non-hydrogen) atoms. The quantitative estimate of drug-likeness (QED) is 0.606. The van der Waals surface area contributed by atoms with Gasteiger partial charge in [0.15, 0.2) is 11.9 Å². The lowest BCUT2D eigenvalue weighted by Gasteiger charge is -2.23. The lowest BCUT2D eigenvalue weighted by molar-refractivity contribution is 0.0933. The summed E-state index contributed by atoms with van der Waals surface area (Å²) in [6.07, 6.45) is 2.09. The van der Waals surface area contributed by atoms with E-state index in [1.807, 2.05) is 18.2 Å². The van der Waals surface area contributed by atoms with Crippen LogP contribution in [0, 0.1) is 0 Å². The zero-order chi connectivity index (χ0) is 21.1. The third kappa shape index (κ3) is 3.98. The van der Waals surface area contributed by atoms with Crippen molar-refractivity contribution in [1.29, 1.82) is 0 Å². The molecule has 1 aliphatic rings. The third-order valence-electron chi connectivity index (χ3n) is 4.99. The number of aliphatic hydroxyl groups excluding tert-OH is 1. The highest BCUT2D eigenvalue weighted by molar-refractivity contribution is 5.99. The Kier molecular flexibility index (Phi) is 5.65. The van der Waals surface area contributed by atoms with Crippen LogP contribution in [0.3, 0.4) is 0 Å². The summed E-state index contributed by atoms with van der Waals surface area (Å²) in [6.45, 7) is 0.361. The molecule has 0 fully saturated rings. The fraction of sp³-hybridized carbons (Fsp3) is 0.217. The maximum absolute atomic E-state index is 12.1. The highest BCUT2D eigenvalue weighted by Crippen LogP contribution is 2.36. The van der Waals surface area contributed by atoms with Gasteiger partial charge in [0, 0.05) is 24.2 Å².